The van der Waals surface area contributed by atoms with Crippen LogP contribution in [0.2, 0.25) is 0 Å². The van der Waals surface area contributed by atoms with Crippen molar-refractivity contribution in [2.45, 2.75) is 93.0 Å². The van der Waals surface area contributed by atoms with Crippen molar-refractivity contribution >= 4 is 64.3 Å². The molecule has 7 heterocycles. The van der Waals surface area contributed by atoms with Gasteiger partial charge in [-0.3, -0.25) is 34.2 Å². The zero-order valence-corrected chi connectivity index (χ0v) is 40.9. The molecule has 5 aliphatic heterocycles. The van der Waals surface area contributed by atoms with Crippen molar-refractivity contribution in [2.24, 2.45) is 5.73 Å². The molecule has 0 radical (unpaired) electrons. The van der Waals surface area contributed by atoms with Gasteiger partial charge in [-0.2, -0.15) is 0 Å². The minimum absolute atomic E-state index is 0.122. The lowest BCUT2D eigenvalue weighted by Gasteiger charge is -2.43. The highest BCUT2D eigenvalue weighted by molar-refractivity contribution is 7.99. The lowest BCUT2D eigenvalue weighted by atomic mass is 9.91. The Balaban J connectivity index is 0.650. The van der Waals surface area contributed by atoms with Crippen molar-refractivity contribution in [2.75, 3.05) is 72.4 Å². The summed E-state index contributed by atoms with van der Waals surface area (Å²) >= 11 is 1.51. The smallest absolute Gasteiger partial charge is 0.272 e. The van der Waals surface area contributed by atoms with Gasteiger partial charge in [0.1, 0.15) is 16.9 Å². The molecule has 71 heavy (non-hydrogen) atoms. The van der Waals surface area contributed by atoms with E-state index in [-0.39, 0.29) is 54.4 Å². The van der Waals surface area contributed by atoms with Gasteiger partial charge < -0.3 is 36.0 Å². The third kappa shape index (κ3) is 10.9. The Morgan fingerprint density at radius 1 is 0.803 bits per heavy atom. The molecule has 5 aliphatic rings. The molecule has 4 fully saturated rings. The number of benzene rings is 3. The van der Waals surface area contributed by atoms with Crippen molar-refractivity contribution in [3.8, 4) is 0 Å². The molecule has 5 N–H and O–H groups in total. The van der Waals surface area contributed by atoms with Crippen LogP contribution in [0.4, 0.5) is 23.0 Å². The molecule has 18 nitrogen and oxygen atoms in total. The minimum Gasteiger partial charge on any atom is -0.371 e. The van der Waals surface area contributed by atoms with Crippen LogP contribution in [0.25, 0.3) is 0 Å². The summed E-state index contributed by atoms with van der Waals surface area (Å²) in [5.41, 5.74) is 11.9. The van der Waals surface area contributed by atoms with Gasteiger partial charge in [0.15, 0.2) is 11.5 Å². The number of nitrogens with zero attached hydrogens (tertiary/aromatic N) is 9. The van der Waals surface area contributed by atoms with E-state index in [0.717, 1.165) is 128 Å². The largest absolute Gasteiger partial charge is 0.371 e. The SMILES string of the molecule is Cc1cc(N2CCC(N3CCN(c4ccc(C(=O)NCc5ccc6c(c5)CN(C5CCC(=O)NC5=O)C6=O)nn4)CC3)CC2)ccc1C(=O)Nc1cccc(Sc2cnc(N3CCC(C)(N)CC3)cn2)c1. The monoisotopic (exact) mass is 977 g/mol. The first-order valence-corrected chi connectivity index (χ1v) is 25.3. The second-order valence-corrected chi connectivity index (χ2v) is 20.6. The van der Waals surface area contributed by atoms with E-state index in [1.54, 1.807) is 24.4 Å². The van der Waals surface area contributed by atoms with Gasteiger partial charge in [0.2, 0.25) is 11.8 Å². The third-order valence-corrected chi connectivity index (χ3v) is 15.4. The molecule has 1 atom stereocenters. The van der Waals surface area contributed by atoms with E-state index in [0.29, 0.717) is 23.6 Å². The lowest BCUT2D eigenvalue weighted by Crippen LogP contribution is -2.53. The number of piperazine rings is 1. The van der Waals surface area contributed by atoms with E-state index in [1.165, 1.54) is 16.7 Å². The predicted octanol–water partition coefficient (Wildman–Crippen LogP) is 4.78. The highest BCUT2D eigenvalue weighted by Crippen LogP contribution is 2.32. The molecule has 19 heteroatoms. The van der Waals surface area contributed by atoms with Gasteiger partial charge in [-0.1, -0.05) is 30.0 Å². The number of aryl methyl sites for hydroxylation is 1. The van der Waals surface area contributed by atoms with Crippen molar-refractivity contribution in [1.82, 2.24) is 40.6 Å². The zero-order chi connectivity index (χ0) is 49.2. The minimum atomic E-state index is -0.680. The van der Waals surface area contributed by atoms with Crippen LogP contribution in [0.1, 0.15) is 93.3 Å². The number of imide groups is 1. The van der Waals surface area contributed by atoms with E-state index in [4.69, 9.17) is 5.73 Å². The molecule has 2 aromatic heterocycles. The third-order valence-electron chi connectivity index (χ3n) is 14.5. The Kier molecular flexibility index (Phi) is 13.7. The molecule has 0 spiro atoms. The molecule has 4 saturated heterocycles. The fraction of sp³-hybridized carbons (Fsp3) is 0.404. The molecule has 368 valence electrons. The Morgan fingerprint density at radius 3 is 2.31 bits per heavy atom. The summed E-state index contributed by atoms with van der Waals surface area (Å²) in [7, 11) is 0. The first kappa shape index (κ1) is 47.7. The van der Waals surface area contributed by atoms with Crippen molar-refractivity contribution in [3.63, 3.8) is 0 Å². The van der Waals surface area contributed by atoms with Crippen LogP contribution in [0.15, 0.2) is 95.1 Å². The molecule has 5 amide bonds. The quantitative estimate of drug-likeness (QED) is 0.124. The van der Waals surface area contributed by atoms with Gasteiger partial charge in [0, 0.05) is 111 Å². The molecular formula is C52H59N13O5S. The number of rotatable bonds is 12. The fourth-order valence-electron chi connectivity index (χ4n) is 10.3. The number of amides is 5. The normalized spacial score (nSPS) is 19.6. The van der Waals surface area contributed by atoms with Crippen molar-refractivity contribution in [3.05, 3.63) is 119 Å². The standard InChI is InChI=1S/C52H59N13O5S/c1-33-26-38(7-9-40(33)48(67)57-36-4-3-5-39(28-36)71-47-31-54-45(30-55-47)63-20-16-52(2,53)17-21-63)61-18-14-37(15-19-61)62-22-24-64(25-23-62)44-12-10-42(59-60-44)49(68)56-29-34-6-8-41-35(27-34)32-65(51(41)70)43-11-13-46(66)58-50(43)69/h3-10,12,26-28,30-31,37,43H,11,13-25,29,32,53H2,1-2H3,(H,56,68)(H,57,67)(H,58,66,69). The number of piperidine rings is 3. The Bertz CT molecular complexity index is 2820. The average molecular weight is 978 g/mol. The first-order valence-electron chi connectivity index (χ1n) is 24.5. The molecular weight excluding hydrogens is 919 g/mol. The van der Waals surface area contributed by atoms with Gasteiger partial charge in [0.25, 0.3) is 17.7 Å². The number of hydrogen-bond donors (Lipinski definition) is 4. The summed E-state index contributed by atoms with van der Waals surface area (Å²) in [4.78, 5) is 84.9. The zero-order valence-electron chi connectivity index (χ0n) is 40.1. The molecule has 5 aromatic rings. The second-order valence-electron chi connectivity index (χ2n) is 19.5. The van der Waals surface area contributed by atoms with E-state index < -0.39 is 11.9 Å². The topological polar surface area (TPSA) is 215 Å². The van der Waals surface area contributed by atoms with Gasteiger partial charge in [-0.25, -0.2) is 9.97 Å². The van der Waals surface area contributed by atoms with Crippen LogP contribution in [-0.4, -0.2) is 129 Å². The molecule has 0 aliphatic carbocycles. The molecule has 3 aromatic carbocycles. The number of fused-ring (bicyclic) bond motifs is 1. The number of nitrogens with two attached hydrogens (primary N) is 1. The summed E-state index contributed by atoms with van der Waals surface area (Å²) in [5.74, 6) is 0.0969. The number of carbonyl (C=O) groups excluding carboxylic acids is 5. The summed E-state index contributed by atoms with van der Waals surface area (Å²) in [5, 5.41) is 17.8. The van der Waals surface area contributed by atoms with Gasteiger partial charge in [-0.15, -0.1) is 10.2 Å². The van der Waals surface area contributed by atoms with Crippen LogP contribution in [0.5, 0.6) is 0 Å². The maximum atomic E-state index is 13.5. The molecule has 10 rings (SSSR count). The van der Waals surface area contributed by atoms with E-state index in [1.807, 2.05) is 55.6 Å². The molecule has 0 bridgehead atoms. The summed E-state index contributed by atoms with van der Waals surface area (Å²) in [6, 6.07) is 22.6. The van der Waals surface area contributed by atoms with E-state index >= 15 is 0 Å². The summed E-state index contributed by atoms with van der Waals surface area (Å²) in [6.07, 6.45) is 8.07. The Morgan fingerprint density at radius 2 is 1.59 bits per heavy atom. The van der Waals surface area contributed by atoms with Crippen LogP contribution in [0.3, 0.4) is 0 Å². The maximum Gasteiger partial charge on any atom is 0.272 e. The van der Waals surface area contributed by atoms with Gasteiger partial charge >= 0.3 is 0 Å². The predicted molar refractivity (Wildman–Crippen MR) is 270 cm³/mol. The molecule has 1 unspecified atom stereocenters. The average Bonchev–Trinajstić information content (AvgIpc) is 3.70. The summed E-state index contributed by atoms with van der Waals surface area (Å²) in [6.45, 7) is 11.6. The first-order chi connectivity index (χ1) is 34.3. The van der Waals surface area contributed by atoms with Crippen LogP contribution < -0.4 is 36.4 Å². The highest BCUT2D eigenvalue weighted by atomic mass is 32.2. The van der Waals surface area contributed by atoms with Crippen LogP contribution in [0, 0.1) is 6.92 Å². The highest BCUT2D eigenvalue weighted by Gasteiger charge is 2.39. The van der Waals surface area contributed by atoms with E-state index in [2.05, 4.69) is 74.8 Å². The molecule has 0 saturated carbocycles. The van der Waals surface area contributed by atoms with E-state index in [9.17, 15) is 24.0 Å². The summed E-state index contributed by atoms with van der Waals surface area (Å²) < 4.78 is 0. The van der Waals surface area contributed by atoms with Gasteiger partial charge in [-0.05, 0) is 117 Å². The number of hydrogen-bond acceptors (Lipinski definition) is 15. The van der Waals surface area contributed by atoms with Crippen molar-refractivity contribution < 1.29 is 24.0 Å². The van der Waals surface area contributed by atoms with Crippen LogP contribution in [-0.2, 0) is 22.7 Å². The Labute approximate surface area is 417 Å². The van der Waals surface area contributed by atoms with Gasteiger partial charge in [0.05, 0.1) is 12.4 Å². The van der Waals surface area contributed by atoms with Crippen LogP contribution >= 0.6 is 11.8 Å². The number of nitrogens with one attached hydrogen (secondary N) is 3. The fourth-order valence-corrected chi connectivity index (χ4v) is 11.0. The maximum absolute atomic E-state index is 13.5. The second kappa shape index (κ2) is 20.4. The Hall–Kier alpha value is -6.96. The number of carbonyl (C=O) groups is 5. The number of aromatic nitrogens is 4. The van der Waals surface area contributed by atoms with Crippen molar-refractivity contribution in [1.29, 1.82) is 0 Å². The lowest BCUT2D eigenvalue weighted by molar-refractivity contribution is -0.136. The number of anilines is 4.